The Kier molecular flexibility index (Phi) is 4.88. The van der Waals surface area contributed by atoms with Crippen LogP contribution in [0.2, 0.25) is 0 Å². The van der Waals surface area contributed by atoms with Crippen LogP contribution >= 0.6 is 0 Å². The number of nitro groups is 1. The molecule has 1 saturated carbocycles. The van der Waals surface area contributed by atoms with Crippen molar-refractivity contribution in [3.05, 3.63) is 88.0 Å². The molecule has 3 amide bonds. The molecule has 33 heavy (non-hydrogen) atoms. The number of hydrogen-bond donors (Lipinski definition) is 0. The fraction of sp³-hybridized carbons (Fsp3) is 0.250. The summed E-state index contributed by atoms with van der Waals surface area (Å²) in [5, 5.41) is 13.0. The summed E-state index contributed by atoms with van der Waals surface area (Å²) in [5.74, 6) is -3.89. The molecular weight excluding hydrogens is 426 g/mol. The second kappa shape index (κ2) is 7.77. The SMILES string of the molecule is O=C(CN(C(=O)c1ccccc1[N+](=O)[O-])N1C(=O)[C@@H]2[C@H](C1=O)[C@H]1C=C[C@H]2C1)c1ccccc1. The van der Waals surface area contributed by atoms with E-state index in [2.05, 4.69) is 0 Å². The Balaban J connectivity index is 1.54. The van der Waals surface area contributed by atoms with Gasteiger partial charge in [-0.15, -0.1) is 0 Å². The van der Waals surface area contributed by atoms with Gasteiger partial charge in [-0.1, -0.05) is 54.6 Å². The number of nitrogens with zero attached hydrogens (tertiary/aromatic N) is 3. The molecular formula is C24H19N3O6. The minimum Gasteiger partial charge on any atom is -0.292 e. The highest BCUT2D eigenvalue weighted by atomic mass is 16.6. The third-order valence-corrected chi connectivity index (χ3v) is 6.64. The number of nitro benzene ring substituents is 1. The first-order valence-corrected chi connectivity index (χ1v) is 10.6. The van der Waals surface area contributed by atoms with Crippen LogP contribution in [0.4, 0.5) is 5.69 Å². The zero-order valence-electron chi connectivity index (χ0n) is 17.4. The summed E-state index contributed by atoms with van der Waals surface area (Å²) in [5.41, 5.74) is -0.485. The molecule has 2 aromatic rings. The van der Waals surface area contributed by atoms with E-state index < -0.39 is 52.5 Å². The lowest BCUT2D eigenvalue weighted by molar-refractivity contribution is -0.385. The lowest BCUT2D eigenvalue weighted by Gasteiger charge is -2.30. The van der Waals surface area contributed by atoms with E-state index in [1.807, 2.05) is 12.2 Å². The van der Waals surface area contributed by atoms with Crippen molar-refractivity contribution in [3.63, 3.8) is 0 Å². The van der Waals surface area contributed by atoms with E-state index in [-0.39, 0.29) is 17.4 Å². The summed E-state index contributed by atoms with van der Waals surface area (Å²) < 4.78 is 0. The molecule has 1 aliphatic heterocycles. The predicted octanol–water partition coefficient (Wildman–Crippen LogP) is 2.64. The molecule has 0 spiro atoms. The van der Waals surface area contributed by atoms with Crippen LogP contribution in [0.1, 0.15) is 27.1 Å². The minimum absolute atomic E-state index is 0.0886. The van der Waals surface area contributed by atoms with Gasteiger partial charge in [0.15, 0.2) is 5.78 Å². The Hall–Kier alpha value is -4.14. The van der Waals surface area contributed by atoms with Crippen LogP contribution in [0.25, 0.3) is 0 Å². The van der Waals surface area contributed by atoms with Crippen molar-refractivity contribution < 1.29 is 24.1 Å². The van der Waals surface area contributed by atoms with Gasteiger partial charge in [0.1, 0.15) is 12.1 Å². The van der Waals surface area contributed by atoms with Crippen LogP contribution in [0, 0.1) is 33.8 Å². The van der Waals surface area contributed by atoms with E-state index in [4.69, 9.17) is 0 Å². The van der Waals surface area contributed by atoms with Crippen molar-refractivity contribution in [2.24, 2.45) is 23.7 Å². The number of amides is 3. The summed E-state index contributed by atoms with van der Waals surface area (Å²) in [4.78, 5) is 64.0. The molecule has 0 N–H and O–H groups in total. The summed E-state index contributed by atoms with van der Waals surface area (Å²) in [6, 6.07) is 13.4. The quantitative estimate of drug-likeness (QED) is 0.222. The van der Waals surface area contributed by atoms with Crippen LogP contribution in [0.5, 0.6) is 0 Å². The number of allylic oxidation sites excluding steroid dienone is 2. The maximum absolute atomic E-state index is 13.5. The van der Waals surface area contributed by atoms with Crippen LogP contribution in [0.3, 0.4) is 0 Å². The summed E-state index contributed by atoms with van der Waals surface area (Å²) in [6.07, 6.45) is 4.55. The van der Waals surface area contributed by atoms with Gasteiger partial charge in [0.2, 0.25) is 0 Å². The van der Waals surface area contributed by atoms with Gasteiger partial charge in [-0.05, 0) is 24.3 Å². The molecule has 2 fully saturated rings. The smallest absolute Gasteiger partial charge is 0.282 e. The first-order valence-electron chi connectivity index (χ1n) is 10.6. The zero-order valence-corrected chi connectivity index (χ0v) is 17.4. The monoisotopic (exact) mass is 445 g/mol. The van der Waals surface area contributed by atoms with E-state index in [1.54, 1.807) is 30.3 Å². The molecule has 1 saturated heterocycles. The average Bonchev–Trinajstić information content (AvgIpc) is 3.51. The largest absolute Gasteiger partial charge is 0.292 e. The van der Waals surface area contributed by atoms with Gasteiger partial charge in [-0.2, -0.15) is 5.01 Å². The molecule has 2 aromatic carbocycles. The Labute approximate surface area is 188 Å². The van der Waals surface area contributed by atoms with Crippen molar-refractivity contribution in [1.82, 2.24) is 10.0 Å². The molecule has 9 nitrogen and oxygen atoms in total. The molecule has 2 bridgehead atoms. The number of carbonyl (C=O) groups excluding carboxylic acids is 4. The number of carbonyl (C=O) groups is 4. The molecule has 2 aliphatic carbocycles. The van der Waals surface area contributed by atoms with Gasteiger partial charge in [-0.3, -0.25) is 29.3 Å². The van der Waals surface area contributed by atoms with E-state index in [0.717, 1.165) is 16.1 Å². The van der Waals surface area contributed by atoms with Crippen molar-refractivity contribution in [2.45, 2.75) is 6.42 Å². The Bertz CT molecular complexity index is 1190. The number of benzene rings is 2. The van der Waals surface area contributed by atoms with Gasteiger partial charge in [0, 0.05) is 11.6 Å². The van der Waals surface area contributed by atoms with Gasteiger partial charge in [0.25, 0.3) is 23.4 Å². The highest BCUT2D eigenvalue weighted by Gasteiger charge is 2.61. The van der Waals surface area contributed by atoms with Gasteiger partial charge in [0.05, 0.1) is 16.8 Å². The first kappa shape index (κ1) is 20.7. The van der Waals surface area contributed by atoms with Crippen LogP contribution in [-0.2, 0) is 9.59 Å². The van der Waals surface area contributed by atoms with Crippen molar-refractivity contribution in [1.29, 1.82) is 0 Å². The standard InChI is InChI=1S/C24H19N3O6/c28-19(14-6-2-1-3-7-14)13-25(22(29)17-8-4-5-9-18(17)27(32)33)26-23(30)20-15-10-11-16(12-15)21(20)24(26)31/h1-11,15-16,20-21H,12-13H2/t15-,16-,20-,21+/m0/s1. The number of hydrazine groups is 1. The second-order valence-corrected chi connectivity index (χ2v) is 8.41. The molecule has 4 atom stereocenters. The third-order valence-electron chi connectivity index (χ3n) is 6.64. The van der Waals surface area contributed by atoms with Gasteiger partial charge in [-0.25, -0.2) is 5.01 Å². The molecule has 166 valence electrons. The number of imide groups is 1. The number of rotatable bonds is 6. The van der Waals surface area contributed by atoms with E-state index in [0.29, 0.717) is 12.0 Å². The number of fused-ring (bicyclic) bond motifs is 5. The molecule has 0 unspecified atom stereocenters. The third kappa shape index (κ3) is 3.24. The van der Waals surface area contributed by atoms with Gasteiger partial charge < -0.3 is 0 Å². The number of hydrogen-bond acceptors (Lipinski definition) is 6. The normalized spacial score (nSPS) is 24.8. The summed E-state index contributed by atoms with van der Waals surface area (Å²) >= 11 is 0. The molecule has 0 radical (unpaired) electrons. The van der Waals surface area contributed by atoms with Gasteiger partial charge >= 0.3 is 0 Å². The Morgan fingerprint density at radius 3 is 2.12 bits per heavy atom. The van der Waals surface area contributed by atoms with Crippen LogP contribution in [0.15, 0.2) is 66.7 Å². The number of ketones is 1. The summed E-state index contributed by atoms with van der Waals surface area (Å²) in [7, 11) is 0. The van der Waals surface area contributed by atoms with E-state index in [1.165, 1.54) is 18.2 Å². The maximum atomic E-state index is 13.5. The first-order chi connectivity index (χ1) is 15.9. The number of Topliss-reactive ketones (excluding diaryl/α,β-unsaturated/α-hetero) is 1. The highest BCUT2D eigenvalue weighted by Crippen LogP contribution is 2.52. The minimum atomic E-state index is -0.950. The number of para-hydroxylation sites is 1. The average molecular weight is 445 g/mol. The van der Waals surface area contributed by atoms with E-state index >= 15 is 0 Å². The van der Waals surface area contributed by atoms with Crippen molar-refractivity contribution in [3.8, 4) is 0 Å². The Morgan fingerprint density at radius 1 is 0.939 bits per heavy atom. The fourth-order valence-electron chi connectivity index (χ4n) is 5.16. The highest BCUT2D eigenvalue weighted by molar-refractivity contribution is 6.11. The molecule has 1 heterocycles. The Morgan fingerprint density at radius 2 is 1.52 bits per heavy atom. The maximum Gasteiger partial charge on any atom is 0.282 e. The van der Waals surface area contributed by atoms with E-state index in [9.17, 15) is 29.3 Å². The van der Waals surface area contributed by atoms with Crippen molar-refractivity contribution >= 4 is 29.2 Å². The predicted molar refractivity (Wildman–Crippen MR) is 114 cm³/mol. The second-order valence-electron chi connectivity index (χ2n) is 8.41. The van der Waals surface area contributed by atoms with Crippen LogP contribution in [-0.4, -0.2) is 45.0 Å². The molecule has 0 aromatic heterocycles. The lowest BCUT2D eigenvalue weighted by Crippen LogP contribution is -2.52. The lowest BCUT2D eigenvalue weighted by atomic mass is 9.85. The molecule has 5 rings (SSSR count). The molecule has 3 aliphatic rings. The van der Waals surface area contributed by atoms with Crippen molar-refractivity contribution in [2.75, 3.05) is 6.54 Å². The summed E-state index contributed by atoms with van der Waals surface area (Å²) in [6.45, 7) is -0.603. The zero-order chi connectivity index (χ0) is 23.3. The molecule has 9 heteroatoms. The fourth-order valence-corrected chi connectivity index (χ4v) is 5.16. The van der Waals surface area contributed by atoms with Crippen LogP contribution < -0.4 is 0 Å². The topological polar surface area (TPSA) is 118 Å².